The second kappa shape index (κ2) is 6.64. The van der Waals surface area contributed by atoms with Crippen LogP contribution in [0.2, 0.25) is 0 Å². The maximum Gasteiger partial charge on any atom is 0.369 e. The standard InChI is InChI=1S/C17H17N5O2S/c23-15(18-14-8-3-6-12-5-1-2-7-13(12)14)11-21-17(24)22(20-19-21)16-9-4-10-25-16/h1-2,4-5,7,9-10,14H,3,6,8,11H2,(H,18,23)/t14-/m0/s1. The van der Waals surface area contributed by atoms with E-state index < -0.39 is 5.69 Å². The van der Waals surface area contributed by atoms with Crippen molar-refractivity contribution in [3.8, 4) is 5.00 Å². The van der Waals surface area contributed by atoms with Crippen LogP contribution in [0.5, 0.6) is 0 Å². The van der Waals surface area contributed by atoms with E-state index in [0.717, 1.165) is 29.5 Å². The number of hydrogen-bond donors (Lipinski definition) is 1. The zero-order valence-corrected chi connectivity index (χ0v) is 14.3. The van der Waals surface area contributed by atoms with Crippen LogP contribution in [0.4, 0.5) is 0 Å². The van der Waals surface area contributed by atoms with Crippen LogP contribution in [-0.4, -0.2) is 25.7 Å². The number of benzene rings is 1. The van der Waals surface area contributed by atoms with E-state index in [4.69, 9.17) is 0 Å². The summed E-state index contributed by atoms with van der Waals surface area (Å²) in [6.45, 7) is -0.136. The molecule has 0 radical (unpaired) electrons. The number of rotatable bonds is 4. The fraction of sp³-hybridized carbons (Fsp3) is 0.294. The van der Waals surface area contributed by atoms with Gasteiger partial charge in [0.25, 0.3) is 0 Å². The molecule has 1 atom stereocenters. The fourth-order valence-corrected chi connectivity index (χ4v) is 3.85. The summed E-state index contributed by atoms with van der Waals surface area (Å²) in [7, 11) is 0. The number of thiophene rings is 1. The molecule has 4 rings (SSSR count). The molecule has 0 saturated heterocycles. The highest BCUT2D eigenvalue weighted by atomic mass is 32.1. The number of nitrogens with zero attached hydrogens (tertiary/aromatic N) is 4. The third-order valence-corrected chi connectivity index (χ3v) is 5.20. The highest BCUT2D eigenvalue weighted by molar-refractivity contribution is 7.12. The molecule has 0 aliphatic heterocycles. The first kappa shape index (κ1) is 15.8. The van der Waals surface area contributed by atoms with Gasteiger partial charge in [0.15, 0.2) is 0 Å². The van der Waals surface area contributed by atoms with Gasteiger partial charge in [-0.05, 0) is 58.3 Å². The zero-order valence-electron chi connectivity index (χ0n) is 13.5. The second-order valence-electron chi connectivity index (χ2n) is 5.99. The first-order valence-corrected chi connectivity index (χ1v) is 9.04. The van der Waals surface area contributed by atoms with E-state index >= 15 is 0 Å². The SMILES string of the molecule is O=C(Cn1nnn(-c2cccs2)c1=O)N[C@H]1CCCc2ccccc21. The normalized spacial score (nSPS) is 16.4. The Bertz CT molecular complexity index is 944. The number of amides is 1. The third kappa shape index (κ3) is 3.12. The lowest BCUT2D eigenvalue weighted by molar-refractivity contribution is -0.122. The molecule has 0 unspecified atom stereocenters. The lowest BCUT2D eigenvalue weighted by atomic mass is 9.88. The minimum absolute atomic E-state index is 0.0134. The van der Waals surface area contributed by atoms with Gasteiger partial charge < -0.3 is 5.32 Å². The van der Waals surface area contributed by atoms with Crippen LogP contribution in [0.15, 0.2) is 46.6 Å². The highest BCUT2D eigenvalue weighted by Crippen LogP contribution is 2.29. The summed E-state index contributed by atoms with van der Waals surface area (Å²) in [5, 5.41) is 13.2. The second-order valence-corrected chi connectivity index (χ2v) is 6.92. The molecule has 0 bridgehead atoms. The third-order valence-electron chi connectivity index (χ3n) is 4.35. The van der Waals surface area contributed by atoms with Gasteiger partial charge in [-0.3, -0.25) is 4.79 Å². The predicted molar refractivity (Wildman–Crippen MR) is 93.8 cm³/mol. The first-order chi connectivity index (χ1) is 12.2. The van der Waals surface area contributed by atoms with Gasteiger partial charge in [-0.25, -0.2) is 4.79 Å². The van der Waals surface area contributed by atoms with Gasteiger partial charge in [-0.15, -0.1) is 11.3 Å². The van der Waals surface area contributed by atoms with Crippen LogP contribution in [0.1, 0.15) is 30.0 Å². The molecular weight excluding hydrogens is 338 g/mol. The molecule has 1 N–H and O–H groups in total. The van der Waals surface area contributed by atoms with Crippen LogP contribution >= 0.6 is 11.3 Å². The first-order valence-electron chi connectivity index (χ1n) is 8.16. The lowest BCUT2D eigenvalue weighted by Crippen LogP contribution is -2.36. The van der Waals surface area contributed by atoms with E-state index in [9.17, 15) is 9.59 Å². The van der Waals surface area contributed by atoms with Crippen LogP contribution < -0.4 is 11.0 Å². The predicted octanol–water partition coefficient (Wildman–Crippen LogP) is 1.68. The van der Waals surface area contributed by atoms with Crippen molar-refractivity contribution in [2.24, 2.45) is 0 Å². The van der Waals surface area contributed by atoms with Crippen LogP contribution in [0.3, 0.4) is 0 Å². The van der Waals surface area contributed by atoms with Gasteiger partial charge in [0.1, 0.15) is 11.5 Å². The Morgan fingerprint density at radius 3 is 2.96 bits per heavy atom. The Kier molecular flexibility index (Phi) is 4.19. The molecule has 3 aromatic rings. The minimum Gasteiger partial charge on any atom is -0.348 e. The number of fused-ring (bicyclic) bond motifs is 1. The number of aromatic nitrogens is 4. The summed E-state index contributed by atoms with van der Waals surface area (Å²) in [5.41, 5.74) is 2.03. The molecule has 1 amide bonds. The van der Waals surface area contributed by atoms with Crippen molar-refractivity contribution in [3.05, 3.63) is 63.4 Å². The van der Waals surface area contributed by atoms with E-state index in [1.165, 1.54) is 21.6 Å². The number of aryl methyl sites for hydroxylation is 1. The Hall–Kier alpha value is -2.74. The summed E-state index contributed by atoms with van der Waals surface area (Å²) in [6.07, 6.45) is 2.98. The summed E-state index contributed by atoms with van der Waals surface area (Å²) in [4.78, 5) is 24.7. The lowest BCUT2D eigenvalue weighted by Gasteiger charge is -2.26. The van der Waals surface area contributed by atoms with Gasteiger partial charge in [0.05, 0.1) is 6.04 Å². The van der Waals surface area contributed by atoms with Crippen molar-refractivity contribution >= 4 is 17.2 Å². The molecule has 25 heavy (non-hydrogen) atoms. The van der Waals surface area contributed by atoms with Gasteiger partial charge in [-0.1, -0.05) is 24.3 Å². The molecule has 0 fully saturated rings. The van der Waals surface area contributed by atoms with Crippen molar-refractivity contribution in [2.45, 2.75) is 31.8 Å². The topological polar surface area (TPSA) is 81.8 Å². The van der Waals surface area contributed by atoms with E-state index in [1.807, 2.05) is 23.6 Å². The van der Waals surface area contributed by atoms with E-state index in [2.05, 4.69) is 27.9 Å². The monoisotopic (exact) mass is 355 g/mol. The maximum atomic E-state index is 12.4. The molecule has 1 aliphatic carbocycles. The van der Waals surface area contributed by atoms with Crippen molar-refractivity contribution < 1.29 is 4.79 Å². The molecule has 1 aliphatic rings. The number of nitrogens with one attached hydrogen (secondary N) is 1. The van der Waals surface area contributed by atoms with Crippen molar-refractivity contribution in [2.75, 3.05) is 0 Å². The average molecular weight is 355 g/mol. The molecular formula is C17H17N5O2S. The summed E-state index contributed by atoms with van der Waals surface area (Å²) < 4.78 is 2.29. The Labute approximate surface area is 147 Å². The Balaban J connectivity index is 1.48. The average Bonchev–Trinajstić information content (AvgIpc) is 3.26. The van der Waals surface area contributed by atoms with Gasteiger partial charge in [0.2, 0.25) is 5.91 Å². The van der Waals surface area contributed by atoms with Crippen LogP contribution in [-0.2, 0) is 17.8 Å². The summed E-state index contributed by atoms with van der Waals surface area (Å²) >= 11 is 1.39. The van der Waals surface area contributed by atoms with Gasteiger partial charge >= 0.3 is 5.69 Å². The van der Waals surface area contributed by atoms with Crippen molar-refractivity contribution in [1.82, 2.24) is 25.1 Å². The maximum absolute atomic E-state index is 12.4. The number of hydrogen-bond acceptors (Lipinski definition) is 5. The molecule has 2 aromatic heterocycles. The summed E-state index contributed by atoms with van der Waals surface area (Å²) in [5.74, 6) is -0.234. The van der Waals surface area contributed by atoms with Crippen LogP contribution in [0.25, 0.3) is 5.00 Å². The van der Waals surface area contributed by atoms with E-state index in [1.54, 1.807) is 6.07 Å². The largest absolute Gasteiger partial charge is 0.369 e. The molecule has 8 heteroatoms. The molecule has 7 nitrogen and oxygen atoms in total. The molecule has 1 aromatic carbocycles. The highest BCUT2D eigenvalue weighted by Gasteiger charge is 2.22. The Morgan fingerprint density at radius 1 is 1.24 bits per heavy atom. The number of tetrazole rings is 1. The van der Waals surface area contributed by atoms with Crippen LogP contribution in [0, 0.1) is 0 Å². The Morgan fingerprint density at radius 2 is 2.12 bits per heavy atom. The number of carbonyl (C=O) groups is 1. The zero-order chi connectivity index (χ0) is 17.2. The smallest absolute Gasteiger partial charge is 0.348 e. The summed E-state index contributed by atoms with van der Waals surface area (Å²) in [6, 6.07) is 11.8. The quantitative estimate of drug-likeness (QED) is 0.772. The van der Waals surface area contributed by atoms with E-state index in [-0.39, 0.29) is 18.5 Å². The molecule has 0 saturated carbocycles. The van der Waals surface area contributed by atoms with Crippen molar-refractivity contribution in [3.63, 3.8) is 0 Å². The molecule has 0 spiro atoms. The molecule has 128 valence electrons. The fourth-order valence-electron chi connectivity index (χ4n) is 3.18. The molecule has 2 heterocycles. The minimum atomic E-state index is -0.415. The number of carbonyl (C=O) groups excluding carboxylic acids is 1. The van der Waals surface area contributed by atoms with Crippen molar-refractivity contribution in [1.29, 1.82) is 0 Å². The van der Waals surface area contributed by atoms with E-state index in [0.29, 0.717) is 5.00 Å². The van der Waals surface area contributed by atoms with Gasteiger partial charge in [0, 0.05) is 0 Å². The van der Waals surface area contributed by atoms with Gasteiger partial charge in [-0.2, -0.15) is 9.36 Å².